The van der Waals surface area contributed by atoms with Crippen LogP contribution in [0.25, 0.3) is 10.9 Å². The third-order valence-electron chi connectivity index (χ3n) is 18.6. The Balaban J connectivity index is 1.25. The van der Waals surface area contributed by atoms with E-state index in [0.717, 1.165) is 12.6 Å². The molecule has 0 saturated carbocycles. The van der Waals surface area contributed by atoms with E-state index >= 15 is 0 Å². The van der Waals surface area contributed by atoms with Crippen LogP contribution in [0.15, 0.2) is 107 Å². The molecule has 0 bridgehead atoms. The summed E-state index contributed by atoms with van der Waals surface area (Å²) >= 11 is 1.28. The van der Waals surface area contributed by atoms with Gasteiger partial charge in [-0.15, -0.1) is 0 Å². The van der Waals surface area contributed by atoms with Crippen molar-refractivity contribution in [3.05, 3.63) is 120 Å². The van der Waals surface area contributed by atoms with Gasteiger partial charge in [-0.25, -0.2) is 4.79 Å². The van der Waals surface area contributed by atoms with E-state index in [9.17, 15) is 77.3 Å². The maximum Gasteiger partial charge on any atom is 0.345 e. The number of amides is 13. The number of hydrogen-bond donors (Lipinski definition) is 19. The van der Waals surface area contributed by atoms with Crippen molar-refractivity contribution in [2.75, 3.05) is 66.0 Å². The molecule has 5 aromatic rings. The number of nitrogens with one attached hydrogen (secondary N) is 12. The van der Waals surface area contributed by atoms with E-state index in [1.165, 1.54) is 42.2 Å². The predicted molar refractivity (Wildman–Crippen MR) is 427 cm³/mol. The minimum Gasteiger partial charge on any atom is -0.464 e. The Labute approximate surface area is 676 Å². The molecule has 1 aliphatic rings. The van der Waals surface area contributed by atoms with Crippen molar-refractivity contribution >= 4 is 106 Å². The van der Waals surface area contributed by atoms with E-state index in [4.69, 9.17) is 38.5 Å². The average Bonchev–Trinajstić information content (AvgIpc) is 1.61. The molecule has 1 saturated heterocycles. The Hall–Kier alpha value is -11.1. The summed E-state index contributed by atoms with van der Waals surface area (Å²) in [5, 5.41) is 58.1. The van der Waals surface area contributed by atoms with E-state index in [1.54, 1.807) is 86.8 Å². The molecule has 2 aromatic heterocycles. The van der Waals surface area contributed by atoms with Crippen LogP contribution in [0.1, 0.15) is 113 Å². The van der Waals surface area contributed by atoms with Gasteiger partial charge in [0.25, 0.3) is 5.91 Å². The van der Waals surface area contributed by atoms with Crippen LogP contribution >= 0.6 is 11.8 Å². The van der Waals surface area contributed by atoms with Crippen molar-refractivity contribution in [1.29, 1.82) is 0 Å². The highest BCUT2D eigenvalue weighted by Gasteiger charge is 2.38. The first-order valence-corrected chi connectivity index (χ1v) is 39.3. The van der Waals surface area contributed by atoms with E-state index < -0.39 is 169 Å². The number of pyridine rings is 1. The standard InChI is InChI=1S/C77H111N21O17S/c1-43(2)40-59-73(110)89-54(24-31-79)67(104)88-57(27-34-82)72(109)94-64(44(3)99)75(112)85-36-28-58(70(107)87-55(25-32-80)69(106)93-60(74(111)92-59)41-47-14-8-7-9-15-47)90-68(105)56(26-33-81)91-76(113)65(45(4)100)95-71(108)53(23-30-78)86-63(102)29-37-97(38-39-115-46(5)101)77(114)98-61-42-49(116-62-18-11-10-17-51(62)66(103)83-6)20-21-50(61)52(96-98)22-19-48-16-12-13-35-84-48/h7-18,20-21,35,42-45,53-60,64-65,99-100H,19,22-34,36-41,78-82H2,1-6H3,(H,83,103)(H,85,112)(H,86,102)(H,87,107)(H,88,104)(H,89,110)(H,90,105)(H,91,113)(H,92,111)(H,93,106)(H,94,109)(H,95,108)/t44-,45-,53+,54+,55+,56+,57+,58+,59+,60-,64+,65+/m1/s1. The maximum atomic E-state index is 15.0. The largest absolute Gasteiger partial charge is 0.464 e. The third kappa shape index (κ3) is 29.0. The Morgan fingerprint density at radius 3 is 1.79 bits per heavy atom. The first-order chi connectivity index (χ1) is 55.4. The SMILES string of the molecule is CNC(=O)c1ccccc1Sc1ccc2c(CCc3ccccn3)nn(C(=O)N(CCOC(C)=O)CCC(=O)N[C@@H](CCN)C(=O)N[C@H](C(=O)N[C@@H](CCN)C(=O)N[C@H]3CCNC(=O)[C@H]([C@@H](C)O)NC(=O)[C@H](CCN)NC(=O)[C@H](CCN)NC(=O)[C@H](CC(C)C)NC(=O)[C@@H](Cc4ccccc4)NC(=O)[C@H](CCN)NC3=O)[C@@H](C)O)c2c1. The predicted octanol–water partition coefficient (Wildman–Crippen LogP) is -3.89. The summed E-state index contributed by atoms with van der Waals surface area (Å²) in [5.41, 5.74) is 32.4. The normalized spacial score (nSPS) is 19.5. The maximum absolute atomic E-state index is 15.0. The van der Waals surface area contributed by atoms with Crippen LogP contribution in [-0.4, -0.2) is 251 Å². The summed E-state index contributed by atoms with van der Waals surface area (Å²) < 4.78 is 6.42. The molecule has 116 heavy (non-hydrogen) atoms. The number of nitrogens with zero attached hydrogens (tertiary/aromatic N) is 4. The van der Waals surface area contributed by atoms with Crippen LogP contribution in [-0.2, 0) is 81.5 Å². The second kappa shape index (κ2) is 47.7. The number of aromatic nitrogens is 3. The van der Waals surface area contributed by atoms with Gasteiger partial charge in [0.15, 0.2) is 0 Å². The second-order valence-corrected chi connectivity index (χ2v) is 29.3. The van der Waals surface area contributed by atoms with Gasteiger partial charge in [0.1, 0.15) is 67.0 Å². The summed E-state index contributed by atoms with van der Waals surface area (Å²) in [5.74, 6) is -12.0. The number of rotatable bonds is 35. The number of fused-ring (bicyclic) bond motifs is 1. The molecular formula is C77H111N21O17S. The van der Waals surface area contributed by atoms with Crippen LogP contribution in [0.2, 0.25) is 0 Å². The Morgan fingerprint density at radius 1 is 0.629 bits per heavy atom. The van der Waals surface area contributed by atoms with Gasteiger partial charge in [-0.3, -0.25) is 67.3 Å². The van der Waals surface area contributed by atoms with Crippen LogP contribution in [0.5, 0.6) is 0 Å². The molecular weight excluding hydrogens is 1520 g/mol. The number of benzene rings is 3. The number of carbonyl (C=O) groups is 14. The number of nitrogens with two attached hydrogens (primary N) is 5. The molecule has 0 aliphatic carbocycles. The fourth-order valence-corrected chi connectivity index (χ4v) is 13.4. The van der Waals surface area contributed by atoms with Gasteiger partial charge in [0.2, 0.25) is 65.0 Å². The fourth-order valence-electron chi connectivity index (χ4n) is 12.5. The quantitative estimate of drug-likeness (QED) is 0.0173. The summed E-state index contributed by atoms with van der Waals surface area (Å²) in [7, 11) is 1.52. The Bertz CT molecular complexity index is 4180. The number of aryl methyl sites for hydroxylation is 2. The molecule has 0 spiro atoms. The second-order valence-electron chi connectivity index (χ2n) is 28.2. The number of ether oxygens (including phenoxy) is 1. The lowest BCUT2D eigenvalue weighted by Gasteiger charge is -2.29. The first-order valence-electron chi connectivity index (χ1n) is 38.5. The number of aliphatic hydroxyl groups is 2. The highest BCUT2D eigenvalue weighted by atomic mass is 32.2. The van der Waals surface area contributed by atoms with Gasteiger partial charge in [-0.1, -0.05) is 74.1 Å². The molecule has 1 fully saturated rings. The first kappa shape index (κ1) is 93.8. The molecule has 13 amide bonds. The number of esters is 1. The molecule has 6 rings (SSSR count). The lowest BCUT2D eigenvalue weighted by molar-refractivity contribution is -0.141. The number of carbonyl (C=O) groups excluding carboxylic acids is 14. The highest BCUT2D eigenvalue weighted by Crippen LogP contribution is 2.34. The Morgan fingerprint density at radius 2 is 1.21 bits per heavy atom. The molecule has 0 radical (unpaired) electrons. The zero-order valence-corrected chi connectivity index (χ0v) is 66.8. The monoisotopic (exact) mass is 1630 g/mol. The number of hydrogen-bond acceptors (Lipinski definition) is 25. The molecule has 0 unspecified atom stereocenters. The molecule has 3 aromatic carbocycles. The Kier molecular flexibility index (Phi) is 38.6. The summed E-state index contributed by atoms with van der Waals surface area (Å²) in [6.45, 7) is 4.54. The molecule has 12 atom stereocenters. The molecule has 38 nitrogen and oxygen atoms in total. The van der Waals surface area contributed by atoms with E-state index in [1.807, 2.05) is 24.3 Å². The van der Waals surface area contributed by atoms with Crippen molar-refractivity contribution in [2.24, 2.45) is 34.6 Å². The molecule has 1 aliphatic heterocycles. The van der Waals surface area contributed by atoms with Gasteiger partial charge >= 0.3 is 12.0 Å². The smallest absolute Gasteiger partial charge is 0.345 e. The van der Waals surface area contributed by atoms with Gasteiger partial charge < -0.3 is 112 Å². The molecule has 39 heteroatoms. The van der Waals surface area contributed by atoms with Crippen molar-refractivity contribution in [2.45, 2.75) is 188 Å². The fraction of sp³-hybridized carbons (Fsp3) is 0.506. The van der Waals surface area contributed by atoms with Crippen molar-refractivity contribution < 1.29 is 82.1 Å². The summed E-state index contributed by atoms with van der Waals surface area (Å²) in [4.78, 5) is 205. The minimum absolute atomic E-state index is 0.0116. The van der Waals surface area contributed by atoms with Crippen molar-refractivity contribution in [3.63, 3.8) is 0 Å². The van der Waals surface area contributed by atoms with Gasteiger partial charge in [-0.2, -0.15) is 9.78 Å². The zero-order chi connectivity index (χ0) is 85.1. The van der Waals surface area contributed by atoms with Crippen LogP contribution in [0.4, 0.5) is 4.79 Å². The summed E-state index contributed by atoms with van der Waals surface area (Å²) in [6.07, 6.45) is -3.31. The highest BCUT2D eigenvalue weighted by molar-refractivity contribution is 7.99. The zero-order valence-electron chi connectivity index (χ0n) is 66.0. The molecule has 24 N–H and O–H groups in total. The lowest BCUT2D eigenvalue weighted by atomic mass is 10.00. The van der Waals surface area contributed by atoms with Crippen LogP contribution in [0.3, 0.4) is 0 Å². The lowest BCUT2D eigenvalue weighted by Crippen LogP contribution is -2.62. The number of aliphatic hydroxyl groups excluding tert-OH is 2. The van der Waals surface area contributed by atoms with Gasteiger partial charge in [0.05, 0.1) is 35.5 Å². The van der Waals surface area contributed by atoms with Gasteiger partial charge in [0, 0.05) is 67.0 Å². The van der Waals surface area contributed by atoms with Crippen LogP contribution in [0, 0.1) is 5.92 Å². The molecule has 632 valence electrons. The molecule has 3 heterocycles. The van der Waals surface area contributed by atoms with Gasteiger partial charge in [-0.05, 0) is 158 Å². The van der Waals surface area contributed by atoms with Crippen molar-refractivity contribution in [1.82, 2.24) is 83.5 Å². The van der Waals surface area contributed by atoms with E-state index in [0.29, 0.717) is 50.4 Å². The summed E-state index contributed by atoms with van der Waals surface area (Å²) in [6, 6.07) is 9.79. The minimum atomic E-state index is -1.88. The topological polar surface area (TPSA) is 597 Å². The third-order valence-corrected chi connectivity index (χ3v) is 19.7. The van der Waals surface area contributed by atoms with E-state index in [2.05, 4.69) is 68.8 Å². The van der Waals surface area contributed by atoms with Crippen molar-refractivity contribution in [3.8, 4) is 0 Å². The van der Waals surface area contributed by atoms with E-state index in [-0.39, 0.29) is 109 Å². The average molecular weight is 1630 g/mol. The van der Waals surface area contributed by atoms with Crippen LogP contribution < -0.4 is 92.5 Å².